The lowest BCUT2D eigenvalue weighted by molar-refractivity contribution is -0.137. The third-order valence-corrected chi connectivity index (χ3v) is 5.12. The van der Waals surface area contributed by atoms with Crippen molar-refractivity contribution in [1.82, 2.24) is 14.7 Å². The maximum Gasteiger partial charge on any atom is 0.416 e. The summed E-state index contributed by atoms with van der Waals surface area (Å²) in [6, 6.07) is 16.8. The van der Waals surface area contributed by atoms with E-state index in [1.807, 2.05) is 0 Å². The summed E-state index contributed by atoms with van der Waals surface area (Å²) in [7, 11) is 0. The van der Waals surface area contributed by atoms with Crippen LogP contribution in [-0.2, 0) is 6.18 Å². The molecule has 5 rings (SSSR count). The van der Waals surface area contributed by atoms with Crippen LogP contribution in [0.25, 0.3) is 39.3 Å². The molecule has 3 aromatic carbocycles. The second-order valence-corrected chi connectivity index (χ2v) is 7.25. The first-order chi connectivity index (χ1) is 15.8. The van der Waals surface area contributed by atoms with E-state index in [-0.39, 0.29) is 22.8 Å². The Kier molecular flexibility index (Phi) is 4.81. The Balaban J connectivity index is 1.68. The fourth-order valence-electron chi connectivity index (χ4n) is 3.56. The van der Waals surface area contributed by atoms with Gasteiger partial charge in [-0.1, -0.05) is 41.6 Å². The van der Waals surface area contributed by atoms with Crippen LogP contribution >= 0.6 is 0 Å². The largest absolute Gasteiger partial charge is 0.416 e. The summed E-state index contributed by atoms with van der Waals surface area (Å²) < 4.78 is 59.6. The average Bonchev–Trinajstić information content (AvgIpc) is 3.29. The molecule has 0 atom stereocenters. The first kappa shape index (κ1) is 20.6. The molecule has 0 aliphatic rings. The van der Waals surface area contributed by atoms with Gasteiger partial charge in [0.05, 0.1) is 16.8 Å². The standard InChI is InChI=1S/C24H13F4N3O2/c25-16-7-4-8-17(12-16)31-13-20(18-9-1-2-10-19(18)23(31)32)22-29-21(30-33-22)14-5-3-6-15(11-14)24(26,27)28/h1-13H. The quantitative estimate of drug-likeness (QED) is 0.322. The van der Waals surface area contributed by atoms with E-state index in [2.05, 4.69) is 10.1 Å². The van der Waals surface area contributed by atoms with Gasteiger partial charge < -0.3 is 4.52 Å². The van der Waals surface area contributed by atoms with Gasteiger partial charge in [-0.05, 0) is 36.4 Å². The van der Waals surface area contributed by atoms with Crippen LogP contribution in [0.3, 0.4) is 0 Å². The highest BCUT2D eigenvalue weighted by Gasteiger charge is 2.31. The molecule has 0 radical (unpaired) electrons. The van der Waals surface area contributed by atoms with E-state index >= 15 is 0 Å². The van der Waals surface area contributed by atoms with Crippen molar-refractivity contribution < 1.29 is 22.1 Å². The Morgan fingerprint density at radius 2 is 1.64 bits per heavy atom. The number of hydrogen-bond donors (Lipinski definition) is 0. The first-order valence-electron chi connectivity index (χ1n) is 9.73. The van der Waals surface area contributed by atoms with Gasteiger partial charge in [0, 0.05) is 22.5 Å². The molecule has 0 fully saturated rings. The number of pyridine rings is 1. The van der Waals surface area contributed by atoms with E-state index in [9.17, 15) is 22.4 Å². The van der Waals surface area contributed by atoms with Gasteiger partial charge >= 0.3 is 6.18 Å². The normalized spacial score (nSPS) is 11.8. The van der Waals surface area contributed by atoms with Crippen LogP contribution in [0.5, 0.6) is 0 Å². The zero-order valence-corrected chi connectivity index (χ0v) is 16.7. The molecule has 164 valence electrons. The van der Waals surface area contributed by atoms with E-state index in [1.54, 1.807) is 30.3 Å². The van der Waals surface area contributed by atoms with E-state index in [0.29, 0.717) is 22.0 Å². The van der Waals surface area contributed by atoms with E-state index in [1.165, 1.54) is 41.1 Å². The van der Waals surface area contributed by atoms with Crippen molar-refractivity contribution in [3.8, 4) is 28.5 Å². The summed E-state index contributed by atoms with van der Waals surface area (Å²) in [5, 5.41) is 4.67. The lowest BCUT2D eigenvalue weighted by Gasteiger charge is -2.10. The maximum absolute atomic E-state index is 13.8. The summed E-state index contributed by atoms with van der Waals surface area (Å²) in [6.45, 7) is 0. The Hall–Kier alpha value is -4.27. The van der Waals surface area contributed by atoms with Gasteiger partial charge in [-0.3, -0.25) is 9.36 Å². The third-order valence-electron chi connectivity index (χ3n) is 5.12. The van der Waals surface area contributed by atoms with Crippen LogP contribution < -0.4 is 5.56 Å². The van der Waals surface area contributed by atoms with Crippen molar-refractivity contribution in [2.75, 3.05) is 0 Å². The minimum Gasteiger partial charge on any atom is -0.334 e. The van der Waals surface area contributed by atoms with Crippen LogP contribution in [0.2, 0.25) is 0 Å². The lowest BCUT2D eigenvalue weighted by Crippen LogP contribution is -2.18. The molecule has 0 saturated heterocycles. The monoisotopic (exact) mass is 451 g/mol. The molecule has 0 unspecified atom stereocenters. The number of benzene rings is 3. The highest BCUT2D eigenvalue weighted by Crippen LogP contribution is 2.33. The Bertz CT molecular complexity index is 1550. The van der Waals surface area contributed by atoms with Crippen LogP contribution in [0, 0.1) is 5.82 Å². The number of fused-ring (bicyclic) bond motifs is 1. The molecule has 0 aliphatic carbocycles. The zero-order chi connectivity index (χ0) is 23.2. The summed E-state index contributed by atoms with van der Waals surface area (Å²) in [4.78, 5) is 17.3. The molecular weight excluding hydrogens is 438 g/mol. The lowest BCUT2D eigenvalue weighted by atomic mass is 10.1. The summed E-state index contributed by atoms with van der Waals surface area (Å²) in [5.41, 5.74) is -0.415. The van der Waals surface area contributed by atoms with Gasteiger partial charge in [-0.15, -0.1) is 0 Å². The second kappa shape index (κ2) is 7.70. The SMILES string of the molecule is O=c1c2ccccc2c(-c2nc(-c3cccc(C(F)(F)F)c3)no2)cn1-c1cccc(F)c1. The molecule has 0 bridgehead atoms. The van der Waals surface area contributed by atoms with Gasteiger partial charge in [0.2, 0.25) is 5.82 Å². The number of aromatic nitrogens is 3. The van der Waals surface area contributed by atoms with Gasteiger partial charge in [0.1, 0.15) is 5.82 Å². The van der Waals surface area contributed by atoms with E-state index in [0.717, 1.165) is 12.1 Å². The molecule has 5 aromatic rings. The minimum atomic E-state index is -4.51. The van der Waals surface area contributed by atoms with Gasteiger partial charge in [0.25, 0.3) is 11.4 Å². The molecule has 33 heavy (non-hydrogen) atoms. The topological polar surface area (TPSA) is 60.9 Å². The molecule has 2 aromatic heterocycles. The van der Waals surface area contributed by atoms with Crippen molar-refractivity contribution >= 4 is 10.8 Å². The highest BCUT2D eigenvalue weighted by molar-refractivity contribution is 5.94. The highest BCUT2D eigenvalue weighted by atomic mass is 19.4. The number of alkyl halides is 3. The van der Waals surface area contributed by atoms with Gasteiger partial charge in [-0.25, -0.2) is 4.39 Å². The zero-order valence-electron chi connectivity index (χ0n) is 16.7. The van der Waals surface area contributed by atoms with Gasteiger partial charge in [0.15, 0.2) is 0 Å². The molecule has 0 amide bonds. The Labute approximate surface area is 183 Å². The summed E-state index contributed by atoms with van der Waals surface area (Å²) >= 11 is 0. The number of hydrogen-bond acceptors (Lipinski definition) is 4. The van der Waals surface area contributed by atoms with Crippen molar-refractivity contribution in [2.45, 2.75) is 6.18 Å². The molecule has 5 nitrogen and oxygen atoms in total. The van der Waals surface area contributed by atoms with Crippen molar-refractivity contribution in [2.24, 2.45) is 0 Å². The predicted octanol–water partition coefficient (Wildman–Crippen LogP) is 5.87. The Morgan fingerprint density at radius 1 is 0.879 bits per heavy atom. The maximum atomic E-state index is 13.8. The van der Waals surface area contributed by atoms with Crippen LogP contribution in [-0.4, -0.2) is 14.7 Å². The fourth-order valence-corrected chi connectivity index (χ4v) is 3.56. The fraction of sp³-hybridized carbons (Fsp3) is 0.0417. The molecule has 0 spiro atoms. The Morgan fingerprint density at radius 3 is 2.39 bits per heavy atom. The molecule has 0 saturated carbocycles. The third kappa shape index (κ3) is 3.78. The summed E-state index contributed by atoms with van der Waals surface area (Å²) in [6.07, 6.45) is -3.07. The van der Waals surface area contributed by atoms with Crippen molar-refractivity contribution in [3.05, 3.63) is 101 Å². The molecule has 0 N–H and O–H groups in total. The smallest absolute Gasteiger partial charge is 0.334 e. The summed E-state index contributed by atoms with van der Waals surface area (Å²) in [5.74, 6) is -0.550. The van der Waals surface area contributed by atoms with Crippen molar-refractivity contribution in [3.63, 3.8) is 0 Å². The molecule has 0 aliphatic heterocycles. The molecule has 2 heterocycles. The van der Waals surface area contributed by atoms with Gasteiger partial charge in [-0.2, -0.15) is 18.2 Å². The molecule has 9 heteroatoms. The number of nitrogens with zero attached hydrogens (tertiary/aromatic N) is 3. The van der Waals surface area contributed by atoms with Crippen LogP contribution in [0.15, 0.2) is 88.3 Å². The molecular formula is C24H13F4N3O2. The van der Waals surface area contributed by atoms with E-state index in [4.69, 9.17) is 4.52 Å². The minimum absolute atomic E-state index is 0.00349. The van der Waals surface area contributed by atoms with E-state index < -0.39 is 17.6 Å². The number of rotatable bonds is 3. The number of halogens is 4. The second-order valence-electron chi connectivity index (χ2n) is 7.25. The predicted molar refractivity (Wildman–Crippen MR) is 113 cm³/mol. The van der Waals surface area contributed by atoms with Crippen LogP contribution in [0.1, 0.15) is 5.56 Å². The first-order valence-corrected chi connectivity index (χ1v) is 9.73. The van der Waals surface area contributed by atoms with Crippen LogP contribution in [0.4, 0.5) is 17.6 Å². The van der Waals surface area contributed by atoms with Crippen molar-refractivity contribution in [1.29, 1.82) is 0 Å². The average molecular weight is 451 g/mol.